The van der Waals surface area contributed by atoms with Crippen molar-refractivity contribution in [2.75, 3.05) is 66.8 Å². The highest BCUT2D eigenvalue weighted by atomic mass is 127. The van der Waals surface area contributed by atoms with Crippen molar-refractivity contribution in [3.63, 3.8) is 0 Å². The van der Waals surface area contributed by atoms with Gasteiger partial charge in [0.2, 0.25) is 0 Å². The highest BCUT2D eigenvalue weighted by molar-refractivity contribution is 14.0. The zero-order valence-electron chi connectivity index (χ0n) is 15.8. The van der Waals surface area contributed by atoms with Crippen LogP contribution in [0.2, 0.25) is 0 Å². The van der Waals surface area contributed by atoms with Crippen LogP contribution in [0.3, 0.4) is 0 Å². The van der Waals surface area contributed by atoms with Crippen molar-refractivity contribution in [1.29, 1.82) is 0 Å². The molecule has 1 unspecified atom stereocenters. The molecular formula is C17H36IN3O3. The molecule has 1 aliphatic heterocycles. The van der Waals surface area contributed by atoms with E-state index in [1.165, 1.54) is 0 Å². The zero-order chi connectivity index (χ0) is 16.9. The van der Waals surface area contributed by atoms with Gasteiger partial charge in [0.1, 0.15) is 0 Å². The number of nitrogens with zero attached hydrogens (tertiary/aromatic N) is 2. The number of ether oxygens (including phenoxy) is 3. The Morgan fingerprint density at radius 1 is 1.21 bits per heavy atom. The molecule has 0 aliphatic carbocycles. The first-order valence-corrected chi connectivity index (χ1v) is 8.77. The molecule has 6 nitrogen and oxygen atoms in total. The Bertz CT molecular complexity index is 330. The molecular weight excluding hydrogens is 421 g/mol. The zero-order valence-corrected chi connectivity index (χ0v) is 18.1. The minimum atomic E-state index is 0. The van der Waals surface area contributed by atoms with Crippen molar-refractivity contribution >= 4 is 29.9 Å². The van der Waals surface area contributed by atoms with Gasteiger partial charge < -0.3 is 24.4 Å². The molecule has 1 saturated heterocycles. The van der Waals surface area contributed by atoms with Gasteiger partial charge in [0.25, 0.3) is 0 Å². The quantitative estimate of drug-likeness (QED) is 0.223. The number of hydrogen-bond acceptors (Lipinski definition) is 4. The second kappa shape index (κ2) is 15.2. The Kier molecular flexibility index (Phi) is 15.1. The maximum absolute atomic E-state index is 5.63. The summed E-state index contributed by atoms with van der Waals surface area (Å²) in [5.74, 6) is 2.24. The van der Waals surface area contributed by atoms with Crippen molar-refractivity contribution in [2.24, 2.45) is 16.8 Å². The van der Waals surface area contributed by atoms with Gasteiger partial charge in [-0.25, -0.2) is 0 Å². The average Bonchev–Trinajstić information content (AvgIpc) is 2.99. The van der Waals surface area contributed by atoms with Gasteiger partial charge in [0.15, 0.2) is 5.96 Å². The molecule has 0 aromatic rings. The third-order valence-electron chi connectivity index (χ3n) is 3.95. The summed E-state index contributed by atoms with van der Waals surface area (Å²) in [5, 5.41) is 3.39. The molecule has 1 atom stereocenters. The number of likely N-dealkylation sites (tertiary alicyclic amines) is 1. The van der Waals surface area contributed by atoms with Gasteiger partial charge in [-0.15, -0.1) is 24.0 Å². The monoisotopic (exact) mass is 457 g/mol. The summed E-state index contributed by atoms with van der Waals surface area (Å²) in [5.41, 5.74) is 0. The Morgan fingerprint density at radius 3 is 2.67 bits per heavy atom. The summed E-state index contributed by atoms with van der Waals surface area (Å²) in [6, 6.07) is 0. The highest BCUT2D eigenvalue weighted by Gasteiger charge is 2.24. The molecule has 1 rings (SSSR count). The molecule has 0 aromatic heterocycles. The molecule has 0 bridgehead atoms. The molecule has 0 spiro atoms. The van der Waals surface area contributed by atoms with Crippen molar-refractivity contribution in [3.8, 4) is 0 Å². The first kappa shape index (κ1) is 23.9. The van der Waals surface area contributed by atoms with E-state index < -0.39 is 0 Å². The third-order valence-corrected chi connectivity index (χ3v) is 3.95. The molecule has 1 fully saturated rings. The molecule has 0 radical (unpaired) electrons. The molecule has 0 saturated carbocycles. The lowest BCUT2D eigenvalue weighted by atomic mass is 10.1. The van der Waals surface area contributed by atoms with E-state index in [0.717, 1.165) is 58.3 Å². The van der Waals surface area contributed by atoms with Crippen LogP contribution in [0.15, 0.2) is 4.99 Å². The van der Waals surface area contributed by atoms with E-state index in [-0.39, 0.29) is 24.0 Å². The third kappa shape index (κ3) is 10.7. The van der Waals surface area contributed by atoms with Gasteiger partial charge in [-0.2, -0.15) is 0 Å². The maximum atomic E-state index is 5.63. The lowest BCUT2D eigenvalue weighted by Gasteiger charge is -2.21. The normalized spacial score (nSPS) is 18.1. The Morgan fingerprint density at radius 2 is 2.00 bits per heavy atom. The molecule has 1 aliphatic rings. The fourth-order valence-electron chi connectivity index (χ4n) is 2.54. The van der Waals surface area contributed by atoms with E-state index in [1.54, 1.807) is 7.11 Å². The van der Waals surface area contributed by atoms with Crippen molar-refractivity contribution in [3.05, 3.63) is 0 Å². The first-order valence-electron chi connectivity index (χ1n) is 8.77. The summed E-state index contributed by atoms with van der Waals surface area (Å²) >= 11 is 0. The van der Waals surface area contributed by atoms with Gasteiger partial charge in [0, 0.05) is 46.3 Å². The summed E-state index contributed by atoms with van der Waals surface area (Å²) in [6.07, 6.45) is 2.27. The number of methoxy groups -OCH3 is 1. The van der Waals surface area contributed by atoms with Gasteiger partial charge in [0.05, 0.1) is 26.4 Å². The summed E-state index contributed by atoms with van der Waals surface area (Å²) in [4.78, 5) is 6.68. The van der Waals surface area contributed by atoms with E-state index >= 15 is 0 Å². The molecule has 7 heteroatoms. The van der Waals surface area contributed by atoms with Crippen molar-refractivity contribution in [2.45, 2.75) is 26.7 Å². The van der Waals surface area contributed by atoms with E-state index in [1.807, 2.05) is 7.05 Å². The van der Waals surface area contributed by atoms with E-state index in [4.69, 9.17) is 14.2 Å². The highest BCUT2D eigenvalue weighted by Crippen LogP contribution is 2.16. The minimum absolute atomic E-state index is 0. The molecule has 1 N–H and O–H groups in total. The van der Waals surface area contributed by atoms with Gasteiger partial charge in [-0.3, -0.25) is 4.99 Å². The second-order valence-electron chi connectivity index (χ2n) is 6.44. The van der Waals surface area contributed by atoms with Crippen LogP contribution in [0, 0.1) is 11.8 Å². The number of guanidine groups is 1. The van der Waals surface area contributed by atoms with Gasteiger partial charge in [-0.1, -0.05) is 13.8 Å². The smallest absolute Gasteiger partial charge is 0.193 e. The van der Waals surface area contributed by atoms with Gasteiger partial charge in [-0.05, 0) is 18.8 Å². The number of halogens is 1. The predicted molar refractivity (Wildman–Crippen MR) is 109 cm³/mol. The molecule has 24 heavy (non-hydrogen) atoms. The molecule has 144 valence electrons. The van der Waals surface area contributed by atoms with E-state index in [2.05, 4.69) is 29.1 Å². The van der Waals surface area contributed by atoms with E-state index in [0.29, 0.717) is 25.0 Å². The molecule has 0 amide bonds. The average molecular weight is 457 g/mol. The molecule has 0 aromatic carbocycles. The van der Waals surface area contributed by atoms with Crippen LogP contribution in [0.4, 0.5) is 0 Å². The van der Waals surface area contributed by atoms with Crippen LogP contribution in [0.1, 0.15) is 26.7 Å². The summed E-state index contributed by atoms with van der Waals surface area (Å²) < 4.78 is 16.3. The SMILES string of the molecule is CN=C(NCCOCCC(C)C)N1CCC(COCCOC)C1.I. The number of rotatable bonds is 11. The molecule has 1 heterocycles. The first-order chi connectivity index (χ1) is 11.2. The fourth-order valence-corrected chi connectivity index (χ4v) is 2.54. The lowest BCUT2D eigenvalue weighted by Crippen LogP contribution is -2.41. The maximum Gasteiger partial charge on any atom is 0.193 e. The van der Waals surface area contributed by atoms with E-state index in [9.17, 15) is 0 Å². The predicted octanol–water partition coefficient (Wildman–Crippen LogP) is 2.23. The number of nitrogens with one attached hydrogen (secondary N) is 1. The van der Waals surface area contributed by atoms with Crippen LogP contribution < -0.4 is 5.32 Å². The number of aliphatic imine (C=N–C) groups is 1. The Hall–Kier alpha value is -0.120. The number of hydrogen-bond donors (Lipinski definition) is 1. The van der Waals surface area contributed by atoms with Crippen LogP contribution in [-0.2, 0) is 14.2 Å². The van der Waals surface area contributed by atoms with Crippen LogP contribution >= 0.6 is 24.0 Å². The lowest BCUT2D eigenvalue weighted by molar-refractivity contribution is 0.0536. The van der Waals surface area contributed by atoms with Crippen LogP contribution in [-0.4, -0.2) is 77.7 Å². The largest absolute Gasteiger partial charge is 0.382 e. The van der Waals surface area contributed by atoms with Crippen molar-refractivity contribution < 1.29 is 14.2 Å². The summed E-state index contributed by atoms with van der Waals surface area (Å²) in [6.45, 7) is 11.0. The standard InChI is InChI=1S/C17H35N3O3.HI/c1-15(2)6-9-22-10-7-19-17(18-3)20-8-5-16(13-20)14-23-12-11-21-4;/h15-16H,5-14H2,1-4H3,(H,18,19);1H. The minimum Gasteiger partial charge on any atom is -0.382 e. The Labute approximate surface area is 164 Å². The topological polar surface area (TPSA) is 55.3 Å². The summed E-state index contributed by atoms with van der Waals surface area (Å²) in [7, 11) is 3.53. The van der Waals surface area contributed by atoms with Crippen LogP contribution in [0.5, 0.6) is 0 Å². The van der Waals surface area contributed by atoms with Gasteiger partial charge >= 0.3 is 0 Å². The second-order valence-corrected chi connectivity index (χ2v) is 6.44. The van der Waals surface area contributed by atoms with Crippen LogP contribution in [0.25, 0.3) is 0 Å². The van der Waals surface area contributed by atoms with Crippen molar-refractivity contribution in [1.82, 2.24) is 10.2 Å². The fraction of sp³-hybridized carbons (Fsp3) is 0.941. The Balaban J connectivity index is 0.00000529.